The Labute approximate surface area is 126 Å². The molecule has 0 aromatic heterocycles. The van der Waals surface area contributed by atoms with E-state index in [2.05, 4.69) is 0 Å². The molecule has 2 aromatic carbocycles. The van der Waals surface area contributed by atoms with E-state index in [1.807, 2.05) is 0 Å². The molecule has 0 saturated heterocycles. The van der Waals surface area contributed by atoms with E-state index in [1.54, 1.807) is 24.3 Å². The molecule has 0 radical (unpaired) electrons. The number of phenolic OH excluding ortho intramolecular Hbond substituents is 2. The lowest BCUT2D eigenvalue weighted by atomic mass is 10.1. The summed E-state index contributed by atoms with van der Waals surface area (Å²) in [5, 5.41) is 18.7. The zero-order valence-electron chi connectivity index (χ0n) is 11.8. The lowest BCUT2D eigenvalue weighted by Gasteiger charge is -2.07. The van der Waals surface area contributed by atoms with Gasteiger partial charge >= 0.3 is 5.97 Å². The molecule has 0 amide bonds. The second-order valence-electron chi connectivity index (χ2n) is 4.43. The van der Waals surface area contributed by atoms with Gasteiger partial charge in [0.25, 0.3) is 0 Å². The van der Waals surface area contributed by atoms with Crippen molar-refractivity contribution in [3.8, 4) is 17.2 Å². The molecule has 0 atom stereocenters. The molecule has 0 heterocycles. The van der Waals surface area contributed by atoms with E-state index in [1.165, 1.54) is 19.2 Å². The van der Waals surface area contributed by atoms with Gasteiger partial charge in [-0.3, -0.25) is 4.79 Å². The summed E-state index contributed by atoms with van der Waals surface area (Å²) in [6.07, 6.45) is 0. The van der Waals surface area contributed by atoms with E-state index >= 15 is 0 Å². The summed E-state index contributed by atoms with van der Waals surface area (Å²) in [6, 6.07) is 9.84. The Kier molecular flexibility index (Phi) is 4.63. The number of methoxy groups -OCH3 is 1. The molecule has 0 fully saturated rings. The Balaban J connectivity index is 1.99. The van der Waals surface area contributed by atoms with Gasteiger partial charge in [-0.05, 0) is 36.4 Å². The molecule has 0 unspecified atom stereocenters. The minimum Gasteiger partial charge on any atom is -0.508 e. The maximum absolute atomic E-state index is 11.9. The van der Waals surface area contributed by atoms with Gasteiger partial charge in [0.05, 0.1) is 7.11 Å². The second-order valence-corrected chi connectivity index (χ2v) is 4.43. The summed E-state index contributed by atoms with van der Waals surface area (Å²) < 4.78 is 9.84. The second kappa shape index (κ2) is 6.62. The highest BCUT2D eigenvalue weighted by molar-refractivity contribution is 6.00. The molecule has 2 aromatic rings. The van der Waals surface area contributed by atoms with Crippen molar-refractivity contribution >= 4 is 11.8 Å². The number of benzene rings is 2. The minimum atomic E-state index is -0.848. The highest BCUT2D eigenvalue weighted by Gasteiger charge is 2.15. The first-order valence-electron chi connectivity index (χ1n) is 6.37. The molecule has 114 valence electrons. The van der Waals surface area contributed by atoms with Gasteiger partial charge in [-0.2, -0.15) is 0 Å². The van der Waals surface area contributed by atoms with Crippen LogP contribution in [0.2, 0.25) is 0 Å². The SMILES string of the molecule is COc1ccc(C(=O)COC(=O)c2ccc(O)cc2O)cc1. The number of esters is 1. The first kappa shape index (κ1) is 15.4. The summed E-state index contributed by atoms with van der Waals surface area (Å²) >= 11 is 0. The van der Waals surface area contributed by atoms with Crippen molar-refractivity contribution in [3.63, 3.8) is 0 Å². The molecule has 2 rings (SSSR count). The van der Waals surface area contributed by atoms with Crippen LogP contribution in [0.3, 0.4) is 0 Å². The summed E-state index contributed by atoms with van der Waals surface area (Å²) in [6.45, 7) is -0.453. The topological polar surface area (TPSA) is 93.1 Å². The molecule has 0 aliphatic rings. The molecular formula is C16H14O6. The van der Waals surface area contributed by atoms with Crippen molar-refractivity contribution in [2.45, 2.75) is 0 Å². The van der Waals surface area contributed by atoms with Crippen molar-refractivity contribution in [1.29, 1.82) is 0 Å². The zero-order valence-corrected chi connectivity index (χ0v) is 11.8. The third-order valence-electron chi connectivity index (χ3n) is 2.95. The maximum atomic E-state index is 11.9. The van der Waals surface area contributed by atoms with E-state index < -0.39 is 18.3 Å². The molecule has 22 heavy (non-hydrogen) atoms. The average Bonchev–Trinajstić information content (AvgIpc) is 2.52. The smallest absolute Gasteiger partial charge is 0.342 e. The Morgan fingerprint density at radius 1 is 1.05 bits per heavy atom. The van der Waals surface area contributed by atoms with E-state index in [-0.39, 0.29) is 17.1 Å². The first-order chi connectivity index (χ1) is 10.5. The Hall–Kier alpha value is -3.02. The van der Waals surface area contributed by atoms with Crippen molar-refractivity contribution in [3.05, 3.63) is 53.6 Å². The van der Waals surface area contributed by atoms with Crippen molar-refractivity contribution in [2.75, 3.05) is 13.7 Å². The average molecular weight is 302 g/mol. The number of hydrogen-bond donors (Lipinski definition) is 2. The van der Waals surface area contributed by atoms with Crippen LogP contribution in [0, 0.1) is 0 Å². The van der Waals surface area contributed by atoms with Crippen LogP contribution >= 0.6 is 0 Å². The standard InChI is InChI=1S/C16H14O6/c1-21-12-5-2-10(3-6-12)15(19)9-22-16(20)13-7-4-11(17)8-14(13)18/h2-8,17-18H,9H2,1H3. The van der Waals surface area contributed by atoms with Gasteiger partial charge in [0, 0.05) is 11.6 Å². The number of carbonyl (C=O) groups is 2. The lowest BCUT2D eigenvalue weighted by molar-refractivity contribution is 0.0471. The number of Topliss-reactive ketones (excluding diaryl/α,β-unsaturated/α-hetero) is 1. The fourth-order valence-corrected chi connectivity index (χ4v) is 1.76. The van der Waals surface area contributed by atoms with Crippen LogP contribution in [-0.4, -0.2) is 35.7 Å². The fourth-order valence-electron chi connectivity index (χ4n) is 1.76. The summed E-state index contributed by atoms with van der Waals surface area (Å²) in [5.41, 5.74) is 0.254. The van der Waals surface area contributed by atoms with Gasteiger partial charge in [0.15, 0.2) is 12.4 Å². The molecule has 0 spiro atoms. The normalized spacial score (nSPS) is 10.0. The lowest BCUT2D eigenvalue weighted by Crippen LogP contribution is -2.14. The van der Waals surface area contributed by atoms with E-state index in [0.29, 0.717) is 11.3 Å². The predicted molar refractivity (Wildman–Crippen MR) is 77.4 cm³/mol. The summed E-state index contributed by atoms with van der Waals surface area (Å²) in [5.74, 6) is -1.21. The van der Waals surface area contributed by atoms with Crippen LogP contribution < -0.4 is 4.74 Å². The monoisotopic (exact) mass is 302 g/mol. The van der Waals surface area contributed by atoms with Crippen LogP contribution in [0.1, 0.15) is 20.7 Å². The number of ketones is 1. The number of phenols is 2. The minimum absolute atomic E-state index is 0.125. The summed E-state index contributed by atoms with van der Waals surface area (Å²) in [4.78, 5) is 23.7. The molecular weight excluding hydrogens is 288 g/mol. The van der Waals surface area contributed by atoms with E-state index in [4.69, 9.17) is 14.6 Å². The maximum Gasteiger partial charge on any atom is 0.342 e. The van der Waals surface area contributed by atoms with Crippen LogP contribution in [-0.2, 0) is 4.74 Å². The third-order valence-corrected chi connectivity index (χ3v) is 2.95. The summed E-state index contributed by atoms with van der Waals surface area (Å²) in [7, 11) is 1.52. The van der Waals surface area contributed by atoms with Gasteiger partial charge < -0.3 is 19.7 Å². The molecule has 6 heteroatoms. The molecule has 0 bridgehead atoms. The van der Waals surface area contributed by atoms with Crippen LogP contribution in [0.25, 0.3) is 0 Å². The molecule has 0 aliphatic heterocycles. The number of aromatic hydroxyl groups is 2. The highest BCUT2D eigenvalue weighted by Crippen LogP contribution is 2.23. The van der Waals surface area contributed by atoms with E-state index in [0.717, 1.165) is 6.07 Å². The first-order valence-corrected chi connectivity index (χ1v) is 6.37. The Morgan fingerprint density at radius 2 is 1.73 bits per heavy atom. The molecule has 2 N–H and O–H groups in total. The van der Waals surface area contributed by atoms with Gasteiger partial charge in [0.2, 0.25) is 0 Å². The van der Waals surface area contributed by atoms with Crippen LogP contribution in [0.5, 0.6) is 17.2 Å². The van der Waals surface area contributed by atoms with Gasteiger partial charge in [-0.1, -0.05) is 0 Å². The van der Waals surface area contributed by atoms with Crippen molar-refractivity contribution < 1.29 is 29.3 Å². The van der Waals surface area contributed by atoms with E-state index in [9.17, 15) is 14.7 Å². The van der Waals surface area contributed by atoms with Gasteiger partial charge in [-0.25, -0.2) is 4.79 Å². The Bertz CT molecular complexity index is 690. The van der Waals surface area contributed by atoms with Crippen LogP contribution in [0.4, 0.5) is 0 Å². The van der Waals surface area contributed by atoms with Crippen molar-refractivity contribution in [2.24, 2.45) is 0 Å². The number of rotatable bonds is 5. The highest BCUT2D eigenvalue weighted by atomic mass is 16.5. The fraction of sp³-hybridized carbons (Fsp3) is 0.125. The Morgan fingerprint density at radius 3 is 2.32 bits per heavy atom. The third kappa shape index (κ3) is 3.54. The quantitative estimate of drug-likeness (QED) is 0.649. The number of hydrogen-bond acceptors (Lipinski definition) is 6. The number of carbonyl (C=O) groups excluding carboxylic acids is 2. The largest absolute Gasteiger partial charge is 0.508 e. The van der Waals surface area contributed by atoms with Gasteiger partial charge in [-0.15, -0.1) is 0 Å². The van der Waals surface area contributed by atoms with Crippen LogP contribution in [0.15, 0.2) is 42.5 Å². The predicted octanol–water partition coefficient (Wildman–Crippen LogP) is 2.15. The molecule has 6 nitrogen and oxygen atoms in total. The van der Waals surface area contributed by atoms with Gasteiger partial charge in [0.1, 0.15) is 22.8 Å². The molecule has 0 aliphatic carbocycles. The molecule has 0 saturated carbocycles. The van der Waals surface area contributed by atoms with Crippen molar-refractivity contribution in [1.82, 2.24) is 0 Å². The zero-order chi connectivity index (χ0) is 16.1. The number of ether oxygens (including phenoxy) is 2.